The van der Waals surface area contributed by atoms with Gasteiger partial charge in [-0.1, -0.05) is 26.0 Å². The smallest absolute Gasteiger partial charge is 0.226 e. The summed E-state index contributed by atoms with van der Waals surface area (Å²) in [6, 6.07) is 0.0249. The molecule has 108 valence electrons. The van der Waals surface area contributed by atoms with Crippen LogP contribution in [0.25, 0.3) is 0 Å². The molecule has 1 atom stereocenters. The van der Waals surface area contributed by atoms with Crippen molar-refractivity contribution >= 4 is 5.91 Å². The molecule has 5 heteroatoms. The lowest BCUT2D eigenvalue weighted by Gasteiger charge is -2.35. The highest BCUT2D eigenvalue weighted by Gasteiger charge is 2.34. The molecule has 1 aromatic rings. The number of rotatable bonds is 2. The van der Waals surface area contributed by atoms with Gasteiger partial charge >= 0.3 is 0 Å². The molecule has 1 aliphatic heterocycles. The van der Waals surface area contributed by atoms with Crippen LogP contribution in [0.2, 0.25) is 0 Å². The lowest BCUT2D eigenvalue weighted by Crippen LogP contribution is -2.44. The van der Waals surface area contributed by atoms with Gasteiger partial charge in [0, 0.05) is 24.9 Å². The van der Waals surface area contributed by atoms with E-state index in [-0.39, 0.29) is 17.9 Å². The first-order chi connectivity index (χ1) is 9.59. The van der Waals surface area contributed by atoms with Crippen molar-refractivity contribution in [3.05, 3.63) is 23.8 Å². The Bertz CT molecular complexity index is 538. The summed E-state index contributed by atoms with van der Waals surface area (Å²) in [5, 5.41) is 8.62. The third-order valence-corrected chi connectivity index (χ3v) is 4.37. The molecular formula is C15H22N4O. The standard InChI is InChI=1S/C15H22N4O/c1-10(2)13-16-17-14-11(3)18(8-9-19(13)14)15(20)12-6-4-5-7-12/h4-5,10-12H,6-9H2,1-3H3. The van der Waals surface area contributed by atoms with Crippen LogP contribution in [0.4, 0.5) is 0 Å². The van der Waals surface area contributed by atoms with Crippen LogP contribution in [-0.2, 0) is 11.3 Å². The van der Waals surface area contributed by atoms with Gasteiger partial charge in [0.1, 0.15) is 5.82 Å². The Balaban J connectivity index is 1.82. The van der Waals surface area contributed by atoms with Crippen molar-refractivity contribution in [1.29, 1.82) is 0 Å². The average molecular weight is 274 g/mol. The van der Waals surface area contributed by atoms with E-state index in [9.17, 15) is 4.79 Å². The Morgan fingerprint density at radius 2 is 1.95 bits per heavy atom. The number of allylic oxidation sites excluding steroid dienone is 2. The van der Waals surface area contributed by atoms with Gasteiger partial charge in [0.2, 0.25) is 5.91 Å². The minimum absolute atomic E-state index is 0.0249. The quantitative estimate of drug-likeness (QED) is 0.777. The number of hydrogen-bond acceptors (Lipinski definition) is 3. The molecule has 3 rings (SSSR count). The maximum absolute atomic E-state index is 12.6. The van der Waals surface area contributed by atoms with Crippen molar-refractivity contribution in [2.24, 2.45) is 5.92 Å². The minimum Gasteiger partial charge on any atom is -0.331 e. The highest BCUT2D eigenvalue weighted by Crippen LogP contribution is 2.30. The molecule has 20 heavy (non-hydrogen) atoms. The van der Waals surface area contributed by atoms with Crippen LogP contribution in [0.1, 0.15) is 57.2 Å². The molecule has 5 nitrogen and oxygen atoms in total. The zero-order chi connectivity index (χ0) is 14.3. The molecule has 1 aromatic heterocycles. The van der Waals surface area contributed by atoms with Crippen LogP contribution >= 0.6 is 0 Å². The lowest BCUT2D eigenvalue weighted by molar-refractivity contribution is -0.138. The first-order valence-electron chi connectivity index (χ1n) is 7.48. The van der Waals surface area contributed by atoms with Crippen LogP contribution in [0.15, 0.2) is 12.2 Å². The van der Waals surface area contributed by atoms with Crippen molar-refractivity contribution in [3.63, 3.8) is 0 Å². The maximum atomic E-state index is 12.6. The predicted octanol–water partition coefficient (Wildman–Crippen LogP) is 2.27. The highest BCUT2D eigenvalue weighted by molar-refractivity contribution is 5.80. The summed E-state index contributed by atoms with van der Waals surface area (Å²) in [4.78, 5) is 14.6. The van der Waals surface area contributed by atoms with Crippen LogP contribution in [-0.4, -0.2) is 32.1 Å². The Hall–Kier alpha value is -1.65. The van der Waals surface area contributed by atoms with Gasteiger partial charge < -0.3 is 9.47 Å². The van der Waals surface area contributed by atoms with Crippen molar-refractivity contribution in [2.45, 2.75) is 52.1 Å². The van der Waals surface area contributed by atoms with Gasteiger partial charge in [0.25, 0.3) is 0 Å². The van der Waals surface area contributed by atoms with Gasteiger partial charge in [-0.2, -0.15) is 0 Å². The molecule has 0 radical (unpaired) electrons. The van der Waals surface area contributed by atoms with Gasteiger partial charge in [-0.15, -0.1) is 10.2 Å². The molecule has 1 amide bonds. The predicted molar refractivity (Wildman–Crippen MR) is 76.1 cm³/mol. The second-order valence-electron chi connectivity index (χ2n) is 6.07. The summed E-state index contributed by atoms with van der Waals surface area (Å²) in [6.45, 7) is 7.89. The number of nitrogens with zero attached hydrogens (tertiary/aromatic N) is 4. The molecule has 0 aromatic carbocycles. The van der Waals surface area contributed by atoms with Crippen molar-refractivity contribution in [3.8, 4) is 0 Å². The molecule has 0 saturated carbocycles. The maximum Gasteiger partial charge on any atom is 0.226 e. The fourth-order valence-electron chi connectivity index (χ4n) is 3.19. The van der Waals surface area contributed by atoms with E-state index in [1.165, 1.54) is 0 Å². The molecule has 1 unspecified atom stereocenters. The fraction of sp³-hybridized carbons (Fsp3) is 0.667. The monoisotopic (exact) mass is 274 g/mol. The van der Waals surface area contributed by atoms with E-state index in [0.29, 0.717) is 5.92 Å². The Labute approximate surface area is 119 Å². The molecule has 0 fully saturated rings. The van der Waals surface area contributed by atoms with Crippen LogP contribution < -0.4 is 0 Å². The zero-order valence-electron chi connectivity index (χ0n) is 12.4. The van der Waals surface area contributed by atoms with Gasteiger partial charge in [-0.25, -0.2) is 0 Å². The van der Waals surface area contributed by atoms with Crippen molar-refractivity contribution in [2.75, 3.05) is 6.54 Å². The van der Waals surface area contributed by atoms with Crippen molar-refractivity contribution in [1.82, 2.24) is 19.7 Å². The van der Waals surface area contributed by atoms with E-state index in [2.05, 4.69) is 47.7 Å². The third kappa shape index (κ3) is 2.05. The van der Waals surface area contributed by atoms with Gasteiger partial charge in [-0.3, -0.25) is 4.79 Å². The Kier molecular flexibility index (Phi) is 3.36. The molecule has 0 saturated heterocycles. The molecule has 0 bridgehead atoms. The van der Waals surface area contributed by atoms with Gasteiger partial charge in [0.05, 0.1) is 6.04 Å². The molecule has 0 N–H and O–H groups in total. The van der Waals surface area contributed by atoms with E-state index in [4.69, 9.17) is 0 Å². The van der Waals surface area contributed by atoms with E-state index >= 15 is 0 Å². The van der Waals surface area contributed by atoms with E-state index in [0.717, 1.165) is 37.6 Å². The summed E-state index contributed by atoms with van der Waals surface area (Å²) in [5.74, 6) is 2.73. The highest BCUT2D eigenvalue weighted by atomic mass is 16.2. The zero-order valence-corrected chi connectivity index (χ0v) is 12.4. The number of aromatic nitrogens is 3. The lowest BCUT2D eigenvalue weighted by atomic mass is 10.0. The summed E-state index contributed by atoms with van der Waals surface area (Å²) in [6.07, 6.45) is 5.98. The molecule has 2 heterocycles. The minimum atomic E-state index is 0.0249. The van der Waals surface area contributed by atoms with Crippen LogP contribution in [0, 0.1) is 5.92 Å². The summed E-state index contributed by atoms with van der Waals surface area (Å²) >= 11 is 0. The van der Waals surface area contributed by atoms with Crippen LogP contribution in [0.3, 0.4) is 0 Å². The molecule has 2 aliphatic rings. The summed E-state index contributed by atoms with van der Waals surface area (Å²) in [5.41, 5.74) is 0. The molecule has 1 aliphatic carbocycles. The van der Waals surface area contributed by atoms with Gasteiger partial charge in [0.15, 0.2) is 5.82 Å². The fourth-order valence-corrected chi connectivity index (χ4v) is 3.19. The topological polar surface area (TPSA) is 51.0 Å². The summed E-state index contributed by atoms with van der Waals surface area (Å²) < 4.78 is 2.19. The second kappa shape index (κ2) is 5.04. The first kappa shape index (κ1) is 13.3. The van der Waals surface area contributed by atoms with Crippen LogP contribution in [0.5, 0.6) is 0 Å². The third-order valence-electron chi connectivity index (χ3n) is 4.37. The first-order valence-corrected chi connectivity index (χ1v) is 7.48. The Morgan fingerprint density at radius 3 is 2.60 bits per heavy atom. The molecular weight excluding hydrogens is 252 g/mol. The largest absolute Gasteiger partial charge is 0.331 e. The normalized spacial score (nSPS) is 22.6. The van der Waals surface area contributed by atoms with E-state index in [1.807, 2.05) is 4.90 Å². The second-order valence-corrected chi connectivity index (χ2v) is 6.07. The summed E-state index contributed by atoms with van der Waals surface area (Å²) in [7, 11) is 0. The number of carbonyl (C=O) groups excluding carboxylic acids is 1. The van der Waals surface area contributed by atoms with Gasteiger partial charge in [-0.05, 0) is 19.8 Å². The van der Waals surface area contributed by atoms with Crippen molar-refractivity contribution < 1.29 is 4.79 Å². The number of carbonyl (C=O) groups is 1. The van der Waals surface area contributed by atoms with E-state index < -0.39 is 0 Å². The number of fused-ring (bicyclic) bond motifs is 1. The SMILES string of the molecule is CC(C)c1nnc2n1CCN(C(=O)C1CC=CC1)C2C. The van der Waals surface area contributed by atoms with E-state index in [1.54, 1.807) is 0 Å². The molecule has 0 spiro atoms. The number of hydrogen-bond donors (Lipinski definition) is 0. The number of amides is 1. The Morgan fingerprint density at radius 1 is 1.25 bits per heavy atom. The average Bonchev–Trinajstić information content (AvgIpc) is 3.08.